The van der Waals surface area contributed by atoms with Crippen LogP contribution >= 0.6 is 0 Å². The highest BCUT2D eigenvalue weighted by molar-refractivity contribution is 5.76. The Bertz CT molecular complexity index is 817. The van der Waals surface area contributed by atoms with Gasteiger partial charge in [0.15, 0.2) is 0 Å². The first-order chi connectivity index (χ1) is 27.0. The highest BCUT2D eigenvalue weighted by atomic mass is 16.5. The minimum atomic E-state index is -0.668. The summed E-state index contributed by atoms with van der Waals surface area (Å²) in [5.74, 6) is -0.0584. The van der Waals surface area contributed by atoms with Gasteiger partial charge >= 0.3 is 5.97 Å². The van der Waals surface area contributed by atoms with Crippen molar-refractivity contribution in [3.05, 3.63) is 12.2 Å². The van der Waals surface area contributed by atoms with E-state index >= 15 is 0 Å². The van der Waals surface area contributed by atoms with Crippen LogP contribution in [0.2, 0.25) is 0 Å². The molecule has 55 heavy (non-hydrogen) atoms. The number of unbranched alkanes of at least 4 members (excludes halogenated alkanes) is 32. The molecule has 0 aromatic rings. The third kappa shape index (κ3) is 42.0. The number of aliphatic hydroxyl groups excluding tert-OH is 2. The number of ether oxygens (including phenoxy) is 1. The van der Waals surface area contributed by atoms with Crippen LogP contribution in [0.5, 0.6) is 0 Å². The topological polar surface area (TPSA) is 95.9 Å². The zero-order chi connectivity index (χ0) is 40.1. The largest absolute Gasteiger partial charge is 0.466 e. The van der Waals surface area contributed by atoms with Crippen molar-refractivity contribution >= 4 is 11.9 Å². The molecule has 0 rings (SSSR count). The summed E-state index contributed by atoms with van der Waals surface area (Å²) in [6.07, 6.45) is 50.3. The van der Waals surface area contributed by atoms with Gasteiger partial charge in [-0.3, -0.25) is 9.59 Å². The zero-order valence-electron chi connectivity index (χ0n) is 36.9. The molecule has 0 aliphatic rings. The summed E-state index contributed by atoms with van der Waals surface area (Å²) in [4.78, 5) is 24.4. The molecule has 0 radical (unpaired) electrons. The normalized spacial score (nSPS) is 12.7. The Morgan fingerprint density at radius 3 is 1.29 bits per heavy atom. The van der Waals surface area contributed by atoms with E-state index in [9.17, 15) is 19.8 Å². The van der Waals surface area contributed by atoms with Gasteiger partial charge in [0.25, 0.3) is 0 Å². The van der Waals surface area contributed by atoms with Gasteiger partial charge in [0.05, 0.1) is 25.4 Å². The molecule has 2 unspecified atom stereocenters. The van der Waals surface area contributed by atoms with E-state index in [1.807, 2.05) is 0 Å². The maximum Gasteiger partial charge on any atom is 0.305 e. The van der Waals surface area contributed by atoms with Crippen molar-refractivity contribution < 1.29 is 24.5 Å². The average Bonchev–Trinajstić information content (AvgIpc) is 3.18. The van der Waals surface area contributed by atoms with E-state index < -0.39 is 12.1 Å². The molecule has 0 saturated heterocycles. The smallest absolute Gasteiger partial charge is 0.305 e. The second-order valence-corrected chi connectivity index (χ2v) is 16.8. The number of nitrogens with one attached hydrogen (secondary N) is 1. The highest BCUT2D eigenvalue weighted by Gasteiger charge is 2.20. The summed E-state index contributed by atoms with van der Waals surface area (Å²) < 4.78 is 5.45. The number of carbonyl (C=O) groups excluding carboxylic acids is 2. The van der Waals surface area contributed by atoms with Crippen molar-refractivity contribution in [2.75, 3.05) is 13.2 Å². The van der Waals surface area contributed by atoms with Gasteiger partial charge in [0, 0.05) is 12.8 Å². The summed E-state index contributed by atoms with van der Waals surface area (Å²) in [6.45, 7) is 4.90. The van der Waals surface area contributed by atoms with E-state index in [2.05, 4.69) is 31.3 Å². The van der Waals surface area contributed by atoms with E-state index in [-0.39, 0.29) is 18.5 Å². The third-order valence-corrected chi connectivity index (χ3v) is 11.3. The van der Waals surface area contributed by atoms with Gasteiger partial charge in [0.2, 0.25) is 5.91 Å². The van der Waals surface area contributed by atoms with Gasteiger partial charge in [-0.05, 0) is 51.4 Å². The molecule has 0 aliphatic carbocycles. The maximum atomic E-state index is 12.4. The Hall–Kier alpha value is -1.40. The molecule has 0 saturated carbocycles. The molecule has 0 fully saturated rings. The number of carbonyl (C=O) groups is 2. The molecule has 326 valence electrons. The van der Waals surface area contributed by atoms with Gasteiger partial charge in [-0.2, -0.15) is 0 Å². The second kappa shape index (κ2) is 45.3. The van der Waals surface area contributed by atoms with Crippen LogP contribution in [0, 0.1) is 0 Å². The maximum absolute atomic E-state index is 12.4. The minimum absolute atomic E-state index is 0.0110. The van der Waals surface area contributed by atoms with Crippen molar-refractivity contribution in [3.8, 4) is 0 Å². The minimum Gasteiger partial charge on any atom is -0.466 e. The Morgan fingerprint density at radius 1 is 0.491 bits per heavy atom. The van der Waals surface area contributed by atoms with Crippen LogP contribution in [0.25, 0.3) is 0 Å². The average molecular weight is 778 g/mol. The summed E-state index contributed by atoms with van der Waals surface area (Å²) in [6, 6.07) is -0.547. The molecule has 0 spiro atoms. The van der Waals surface area contributed by atoms with Gasteiger partial charge in [0.1, 0.15) is 0 Å². The molecule has 3 N–H and O–H groups in total. The van der Waals surface area contributed by atoms with Gasteiger partial charge in [-0.1, -0.05) is 212 Å². The number of amides is 1. The number of allylic oxidation sites excluding steroid dienone is 2. The van der Waals surface area contributed by atoms with Crippen molar-refractivity contribution in [3.63, 3.8) is 0 Å². The van der Waals surface area contributed by atoms with Crippen molar-refractivity contribution in [1.82, 2.24) is 5.32 Å². The molecule has 2 atom stereocenters. The Kier molecular flexibility index (Phi) is 44.2. The number of aliphatic hydroxyl groups is 2. The zero-order valence-corrected chi connectivity index (χ0v) is 36.9. The molecule has 0 heterocycles. The number of esters is 1. The SMILES string of the molecule is CCCCCCC/C=C\CCCCCCCC(=O)OCCCCCCCCCCCCCCCCC(=O)NC(CO)C(O)CCCCCCCCCCCC. The molecule has 0 bridgehead atoms. The van der Waals surface area contributed by atoms with Crippen LogP contribution in [-0.2, 0) is 14.3 Å². The summed E-state index contributed by atoms with van der Waals surface area (Å²) in [7, 11) is 0. The van der Waals surface area contributed by atoms with E-state index in [4.69, 9.17) is 4.74 Å². The fourth-order valence-electron chi connectivity index (χ4n) is 7.51. The molecule has 6 heteroatoms. The van der Waals surface area contributed by atoms with Gasteiger partial charge in [-0.15, -0.1) is 0 Å². The molecular weight excluding hydrogens is 683 g/mol. The predicted octanol–water partition coefficient (Wildman–Crippen LogP) is 14.2. The van der Waals surface area contributed by atoms with Crippen LogP contribution in [0.15, 0.2) is 12.2 Å². The van der Waals surface area contributed by atoms with Crippen LogP contribution in [-0.4, -0.2) is 47.4 Å². The molecular formula is C49H95NO5. The molecule has 6 nitrogen and oxygen atoms in total. The summed E-state index contributed by atoms with van der Waals surface area (Å²) >= 11 is 0. The van der Waals surface area contributed by atoms with Crippen molar-refractivity contribution in [2.24, 2.45) is 0 Å². The first kappa shape index (κ1) is 53.6. The van der Waals surface area contributed by atoms with E-state index in [0.717, 1.165) is 51.4 Å². The Balaban J connectivity index is 3.42. The van der Waals surface area contributed by atoms with Gasteiger partial charge < -0.3 is 20.3 Å². The Labute approximate surface area is 342 Å². The lowest BCUT2D eigenvalue weighted by Gasteiger charge is -2.22. The van der Waals surface area contributed by atoms with E-state index in [0.29, 0.717) is 25.9 Å². The third-order valence-electron chi connectivity index (χ3n) is 11.3. The molecule has 0 aliphatic heterocycles. The monoisotopic (exact) mass is 778 g/mol. The number of rotatable bonds is 45. The molecule has 0 aromatic heterocycles. The molecule has 0 aromatic carbocycles. The van der Waals surface area contributed by atoms with Crippen LogP contribution in [0.4, 0.5) is 0 Å². The number of hydrogen-bond acceptors (Lipinski definition) is 5. The first-order valence-electron chi connectivity index (χ1n) is 24.4. The van der Waals surface area contributed by atoms with E-state index in [1.54, 1.807) is 0 Å². The van der Waals surface area contributed by atoms with Crippen LogP contribution < -0.4 is 5.32 Å². The summed E-state index contributed by atoms with van der Waals surface area (Å²) in [5, 5.41) is 23.1. The van der Waals surface area contributed by atoms with Gasteiger partial charge in [-0.25, -0.2) is 0 Å². The van der Waals surface area contributed by atoms with E-state index in [1.165, 1.54) is 180 Å². The lowest BCUT2D eigenvalue weighted by molar-refractivity contribution is -0.143. The first-order valence-corrected chi connectivity index (χ1v) is 24.4. The van der Waals surface area contributed by atoms with Crippen LogP contribution in [0.1, 0.15) is 264 Å². The lowest BCUT2D eigenvalue weighted by Crippen LogP contribution is -2.45. The van der Waals surface area contributed by atoms with Crippen LogP contribution in [0.3, 0.4) is 0 Å². The quantitative estimate of drug-likeness (QED) is 0.0325. The fourth-order valence-corrected chi connectivity index (χ4v) is 7.51. The molecule has 1 amide bonds. The number of hydrogen-bond donors (Lipinski definition) is 3. The van der Waals surface area contributed by atoms with Crippen molar-refractivity contribution in [1.29, 1.82) is 0 Å². The Morgan fingerprint density at radius 2 is 0.855 bits per heavy atom. The lowest BCUT2D eigenvalue weighted by atomic mass is 10.0. The highest BCUT2D eigenvalue weighted by Crippen LogP contribution is 2.16. The fraction of sp³-hybridized carbons (Fsp3) is 0.918. The second-order valence-electron chi connectivity index (χ2n) is 16.8. The standard InChI is InChI=1S/C49H95NO5/c1-3-5-7-9-11-13-15-16-20-23-27-31-35-39-43-49(54)55-44-40-36-32-28-24-21-18-17-19-22-26-30-34-38-42-48(53)50-46(45-51)47(52)41-37-33-29-25-14-12-10-8-6-4-2/h15-16,46-47,51-52H,3-14,17-45H2,1-2H3,(H,50,53)/b16-15-. The van der Waals surface area contributed by atoms with Crippen molar-refractivity contribution in [2.45, 2.75) is 276 Å². The summed E-state index contributed by atoms with van der Waals surface area (Å²) in [5.41, 5.74) is 0. The predicted molar refractivity (Wildman–Crippen MR) is 237 cm³/mol.